The van der Waals surface area contributed by atoms with E-state index in [1.807, 2.05) is 0 Å². The second kappa shape index (κ2) is 5.55. The largest absolute Gasteiger partial charge is 0.733 e. The van der Waals surface area contributed by atoms with Crippen LogP contribution in [-0.4, -0.2) is 16.9 Å². The molecule has 0 saturated heterocycles. The molecule has 0 amide bonds. The van der Waals surface area contributed by atoms with Crippen LogP contribution in [0.15, 0.2) is 24.3 Å². The molecule has 0 aromatic heterocycles. The third-order valence-electron chi connectivity index (χ3n) is 1.52. The fourth-order valence-corrected chi connectivity index (χ4v) is 0.967. The van der Waals surface area contributed by atoms with Gasteiger partial charge in [-0.3, -0.25) is 5.21 Å². The zero-order chi connectivity index (χ0) is 12.1. The number of anilines is 1. The van der Waals surface area contributed by atoms with Gasteiger partial charge in [-0.2, -0.15) is 0 Å². The Morgan fingerprint density at radius 1 is 1.50 bits per heavy atom. The summed E-state index contributed by atoms with van der Waals surface area (Å²) < 4.78 is 9.23. The van der Waals surface area contributed by atoms with Gasteiger partial charge in [-0.25, -0.2) is 4.79 Å². The van der Waals surface area contributed by atoms with E-state index in [1.165, 1.54) is 31.2 Å². The van der Waals surface area contributed by atoms with Crippen LogP contribution in [0.2, 0.25) is 0 Å². The molecule has 0 radical (unpaired) electrons. The molecule has 0 spiro atoms. The summed E-state index contributed by atoms with van der Waals surface area (Å²) in [5.74, 6) is 0.174. The number of carbonyl (C=O) groups excluding carboxylic acids is 1. The van der Waals surface area contributed by atoms with Crippen molar-refractivity contribution in [2.24, 2.45) is 0 Å². The van der Waals surface area contributed by atoms with E-state index in [0.29, 0.717) is 0 Å². The molecule has 0 aliphatic heterocycles. The average molecular weight is 247 g/mol. The van der Waals surface area contributed by atoms with Crippen molar-refractivity contribution in [3.05, 3.63) is 29.5 Å². The topological polar surface area (TPSA) is 82.1 Å². The number of alkyl halides is 1. The summed E-state index contributed by atoms with van der Waals surface area (Å²) in [6.45, 7) is 1.47. The van der Waals surface area contributed by atoms with Gasteiger partial charge in [0.25, 0.3) is 0 Å². The highest BCUT2D eigenvalue weighted by Gasteiger charge is 2.09. The maximum Gasteiger partial charge on any atom is 0.515 e. The quantitative estimate of drug-likeness (QED) is 0.382. The molecule has 0 aliphatic rings. The maximum atomic E-state index is 11.0. The monoisotopic (exact) mass is 246 g/mol. The van der Waals surface area contributed by atoms with E-state index < -0.39 is 11.7 Å². The Labute approximate surface area is 96.5 Å². The van der Waals surface area contributed by atoms with E-state index in [-0.39, 0.29) is 16.7 Å². The molecule has 0 saturated carbocycles. The molecule has 88 valence electrons. The second-order valence-electron chi connectivity index (χ2n) is 2.78. The molecule has 1 aromatic rings. The number of benzene rings is 1. The van der Waals surface area contributed by atoms with Crippen LogP contribution in [0.1, 0.15) is 6.92 Å². The molecular formula is C9H9ClNO5-. The molecule has 0 aliphatic carbocycles. The molecule has 16 heavy (non-hydrogen) atoms. The van der Waals surface area contributed by atoms with Gasteiger partial charge in [0.2, 0.25) is 0 Å². The fourth-order valence-electron chi connectivity index (χ4n) is 0.895. The lowest BCUT2D eigenvalue weighted by molar-refractivity contribution is 0.0924. The number of hydrogen-bond acceptors (Lipinski definition) is 6. The van der Waals surface area contributed by atoms with E-state index >= 15 is 0 Å². The standard InChI is InChI=1S/C9H9ClNO5/c1-6(10)15-9(12)16-8-4-2-7(3-5-8)11(13)14/h2-6,13H,1H3/q-1. The van der Waals surface area contributed by atoms with Crippen molar-refractivity contribution in [2.75, 3.05) is 5.23 Å². The molecule has 1 rings (SSSR count). The highest BCUT2D eigenvalue weighted by atomic mass is 35.5. The van der Waals surface area contributed by atoms with Crippen LogP contribution in [0, 0.1) is 5.21 Å². The van der Waals surface area contributed by atoms with E-state index in [9.17, 15) is 10.0 Å². The van der Waals surface area contributed by atoms with Gasteiger partial charge in [0.1, 0.15) is 5.75 Å². The normalized spacial score (nSPS) is 11.8. The van der Waals surface area contributed by atoms with Crippen molar-refractivity contribution >= 4 is 23.4 Å². The zero-order valence-corrected chi connectivity index (χ0v) is 9.05. The first-order valence-corrected chi connectivity index (χ1v) is 4.71. The molecule has 1 atom stereocenters. The first-order valence-electron chi connectivity index (χ1n) is 4.28. The Kier molecular flexibility index (Phi) is 4.36. The third-order valence-corrected chi connectivity index (χ3v) is 1.61. The van der Waals surface area contributed by atoms with Crippen LogP contribution in [0.3, 0.4) is 0 Å². The van der Waals surface area contributed by atoms with E-state index in [2.05, 4.69) is 4.74 Å². The molecule has 1 N–H and O–H groups in total. The minimum atomic E-state index is -0.946. The number of rotatable bonds is 3. The second-order valence-corrected chi connectivity index (χ2v) is 3.39. The Bertz CT molecular complexity index is 351. The predicted molar refractivity (Wildman–Crippen MR) is 56.5 cm³/mol. The van der Waals surface area contributed by atoms with Crippen LogP contribution >= 0.6 is 11.6 Å². The number of ether oxygens (including phenoxy) is 2. The van der Waals surface area contributed by atoms with Gasteiger partial charge >= 0.3 is 6.16 Å². The van der Waals surface area contributed by atoms with Crippen molar-refractivity contribution in [1.82, 2.24) is 0 Å². The van der Waals surface area contributed by atoms with Gasteiger partial charge in [0.05, 0.1) is 5.69 Å². The fraction of sp³-hybridized carbons (Fsp3) is 0.222. The van der Waals surface area contributed by atoms with E-state index in [0.717, 1.165) is 0 Å². The summed E-state index contributed by atoms with van der Waals surface area (Å²) in [7, 11) is 0. The molecule has 7 heteroatoms. The Balaban J connectivity index is 2.58. The summed E-state index contributed by atoms with van der Waals surface area (Å²) in [6, 6.07) is 5.21. The third kappa shape index (κ3) is 3.93. The van der Waals surface area contributed by atoms with Gasteiger partial charge in [-0.1, -0.05) is 11.6 Å². The van der Waals surface area contributed by atoms with Crippen LogP contribution in [-0.2, 0) is 4.74 Å². The first kappa shape index (κ1) is 12.6. The van der Waals surface area contributed by atoms with Gasteiger partial charge in [-0.05, 0) is 31.2 Å². The number of carbonyl (C=O) groups is 1. The molecular weight excluding hydrogens is 238 g/mol. The number of nitrogens with zero attached hydrogens (tertiary/aromatic N) is 1. The first-order chi connectivity index (χ1) is 7.49. The highest BCUT2D eigenvalue weighted by Crippen LogP contribution is 2.18. The molecule has 0 bridgehead atoms. The molecule has 0 heterocycles. The molecule has 1 unspecified atom stereocenters. The van der Waals surface area contributed by atoms with Gasteiger partial charge in [-0.15, -0.1) is 0 Å². The summed E-state index contributed by atoms with van der Waals surface area (Å²) in [5, 5.41) is 18.7. The SMILES string of the molecule is CC(Cl)OC(=O)Oc1ccc(N([O-])O)cc1. The van der Waals surface area contributed by atoms with Crippen LogP contribution in [0.4, 0.5) is 10.5 Å². The van der Waals surface area contributed by atoms with Crippen molar-refractivity contribution in [3.8, 4) is 5.75 Å². The summed E-state index contributed by atoms with van der Waals surface area (Å²) in [5.41, 5.74) is -0.771. The Morgan fingerprint density at radius 2 is 2.06 bits per heavy atom. The Hall–Kier alpha value is -1.50. The molecule has 6 nitrogen and oxygen atoms in total. The van der Waals surface area contributed by atoms with Crippen molar-refractivity contribution in [2.45, 2.75) is 12.5 Å². The van der Waals surface area contributed by atoms with Gasteiger partial charge in [0, 0.05) is 0 Å². The minimum Gasteiger partial charge on any atom is -0.733 e. The average Bonchev–Trinajstić information content (AvgIpc) is 2.16. The summed E-state index contributed by atoms with van der Waals surface area (Å²) in [6.07, 6.45) is -0.946. The van der Waals surface area contributed by atoms with E-state index in [4.69, 9.17) is 21.5 Å². The van der Waals surface area contributed by atoms with E-state index in [1.54, 1.807) is 0 Å². The van der Waals surface area contributed by atoms with Crippen LogP contribution in [0.5, 0.6) is 5.75 Å². The number of halogens is 1. The maximum absolute atomic E-state index is 11.0. The van der Waals surface area contributed by atoms with Crippen LogP contribution < -0.4 is 9.96 Å². The predicted octanol–water partition coefficient (Wildman–Crippen LogP) is 2.48. The Morgan fingerprint density at radius 3 is 2.50 bits per heavy atom. The minimum absolute atomic E-state index is 0.0198. The van der Waals surface area contributed by atoms with Gasteiger partial charge < -0.3 is 19.9 Å². The number of hydrogen-bond donors (Lipinski definition) is 1. The summed E-state index contributed by atoms with van der Waals surface area (Å²) in [4.78, 5) is 11.0. The smallest absolute Gasteiger partial charge is 0.515 e. The zero-order valence-electron chi connectivity index (χ0n) is 8.29. The van der Waals surface area contributed by atoms with Crippen LogP contribution in [0.25, 0.3) is 0 Å². The highest BCUT2D eigenvalue weighted by molar-refractivity contribution is 6.19. The summed E-state index contributed by atoms with van der Waals surface area (Å²) >= 11 is 5.40. The lowest BCUT2D eigenvalue weighted by Crippen LogP contribution is -2.14. The van der Waals surface area contributed by atoms with Gasteiger partial charge in [0.15, 0.2) is 5.56 Å². The van der Waals surface area contributed by atoms with Crippen molar-refractivity contribution in [1.29, 1.82) is 0 Å². The lowest BCUT2D eigenvalue weighted by atomic mass is 10.3. The molecule has 1 aromatic carbocycles. The lowest BCUT2D eigenvalue weighted by Gasteiger charge is -2.21. The van der Waals surface area contributed by atoms with Crippen molar-refractivity contribution < 1.29 is 19.5 Å². The molecule has 0 fully saturated rings. The van der Waals surface area contributed by atoms with Crippen molar-refractivity contribution in [3.63, 3.8) is 0 Å².